The van der Waals surface area contributed by atoms with Crippen molar-refractivity contribution in [2.45, 2.75) is 11.8 Å². The second-order valence-electron chi connectivity index (χ2n) is 3.09. The van der Waals surface area contributed by atoms with Crippen LogP contribution in [-0.4, -0.2) is 19.6 Å². The van der Waals surface area contributed by atoms with Crippen molar-refractivity contribution in [1.29, 1.82) is 0 Å². The number of rotatable bonds is 3. The second kappa shape index (κ2) is 3.99. The number of carbonyl (C=O) groups excluding carboxylic acids is 1. The summed E-state index contributed by atoms with van der Waals surface area (Å²) in [4.78, 5) is 19.9. The number of aldehydes is 1. The molecule has 0 radical (unpaired) electrons. The number of nitrogens with zero attached hydrogens (tertiary/aromatic N) is 1. The summed E-state index contributed by atoms with van der Waals surface area (Å²) < 4.78 is 22.3. The molecule has 0 aliphatic heterocycles. The molecule has 0 unspecified atom stereocenters. The zero-order valence-corrected chi connectivity index (χ0v) is 9.02. The Morgan fingerprint density at radius 1 is 1.44 bits per heavy atom. The van der Waals surface area contributed by atoms with E-state index in [4.69, 9.17) is 5.14 Å². The summed E-state index contributed by atoms with van der Waals surface area (Å²) in [5.74, 6) is 0. The van der Waals surface area contributed by atoms with E-state index in [2.05, 4.69) is 0 Å². The maximum Gasteiger partial charge on any atom is 0.271 e. The third-order valence-corrected chi connectivity index (χ3v) is 2.92. The Bertz CT molecular complexity index is 564. The van der Waals surface area contributed by atoms with Gasteiger partial charge in [-0.2, -0.15) is 0 Å². The van der Waals surface area contributed by atoms with Gasteiger partial charge >= 0.3 is 0 Å². The standard InChI is InChI=1S/C8H8N2O5S/c1-5-2-6(10(12)13)3-8(7(5)4-11)16(9,14)15/h2-4H,1H3,(H2,9,14,15). The highest BCUT2D eigenvalue weighted by atomic mass is 32.2. The maximum absolute atomic E-state index is 11.1. The molecule has 0 heterocycles. The zero-order valence-electron chi connectivity index (χ0n) is 8.21. The summed E-state index contributed by atoms with van der Waals surface area (Å²) in [6, 6.07) is 1.88. The normalized spacial score (nSPS) is 11.1. The lowest BCUT2D eigenvalue weighted by molar-refractivity contribution is -0.385. The van der Waals surface area contributed by atoms with Crippen molar-refractivity contribution in [3.8, 4) is 0 Å². The van der Waals surface area contributed by atoms with Crippen LogP contribution >= 0.6 is 0 Å². The molecule has 0 aliphatic rings. The van der Waals surface area contributed by atoms with E-state index in [1.54, 1.807) is 0 Å². The smallest absolute Gasteiger partial charge is 0.271 e. The fourth-order valence-corrected chi connectivity index (χ4v) is 2.04. The molecule has 1 aromatic carbocycles. The van der Waals surface area contributed by atoms with Crippen LogP contribution in [0.4, 0.5) is 5.69 Å². The molecule has 0 spiro atoms. The van der Waals surface area contributed by atoms with E-state index in [0.29, 0.717) is 6.29 Å². The van der Waals surface area contributed by atoms with Crippen molar-refractivity contribution in [2.24, 2.45) is 5.14 Å². The average molecular weight is 244 g/mol. The summed E-state index contributed by atoms with van der Waals surface area (Å²) in [5.41, 5.74) is -0.395. The van der Waals surface area contributed by atoms with E-state index >= 15 is 0 Å². The Morgan fingerprint density at radius 3 is 2.38 bits per heavy atom. The number of aryl methyl sites for hydroxylation is 1. The molecule has 2 N–H and O–H groups in total. The zero-order chi connectivity index (χ0) is 12.5. The molecule has 0 amide bonds. The number of non-ortho nitro benzene ring substituents is 1. The van der Waals surface area contributed by atoms with Gasteiger partial charge in [0.2, 0.25) is 10.0 Å². The van der Waals surface area contributed by atoms with E-state index < -0.39 is 25.5 Å². The number of nitro benzene ring substituents is 1. The highest BCUT2D eigenvalue weighted by Gasteiger charge is 2.20. The van der Waals surface area contributed by atoms with E-state index in [0.717, 1.165) is 12.1 Å². The number of primary sulfonamides is 1. The Hall–Kier alpha value is -1.80. The Kier molecular flexibility index (Phi) is 3.06. The van der Waals surface area contributed by atoms with Crippen LogP contribution in [0.1, 0.15) is 15.9 Å². The molecule has 0 fully saturated rings. The van der Waals surface area contributed by atoms with Crippen LogP contribution in [0.25, 0.3) is 0 Å². The van der Waals surface area contributed by atoms with Crippen molar-refractivity contribution in [3.05, 3.63) is 33.4 Å². The minimum Gasteiger partial charge on any atom is -0.298 e. The molecule has 0 atom stereocenters. The molecule has 0 bridgehead atoms. The summed E-state index contributed by atoms with van der Waals surface area (Å²) >= 11 is 0. The van der Waals surface area contributed by atoms with Crippen LogP contribution in [0.3, 0.4) is 0 Å². The monoisotopic (exact) mass is 244 g/mol. The lowest BCUT2D eigenvalue weighted by Gasteiger charge is -2.05. The molecule has 1 aromatic rings. The SMILES string of the molecule is Cc1cc([N+](=O)[O-])cc(S(N)(=O)=O)c1C=O. The highest BCUT2D eigenvalue weighted by Crippen LogP contribution is 2.23. The average Bonchev–Trinajstić information content (AvgIpc) is 2.14. The molecule has 0 saturated carbocycles. The number of hydrogen-bond acceptors (Lipinski definition) is 5. The Morgan fingerprint density at radius 2 is 2.00 bits per heavy atom. The van der Waals surface area contributed by atoms with Gasteiger partial charge in [0, 0.05) is 17.7 Å². The molecule has 8 heteroatoms. The first kappa shape index (κ1) is 12.3. The predicted octanol–water partition coefficient (Wildman–Crippen LogP) is 0.363. The molecule has 7 nitrogen and oxygen atoms in total. The van der Waals surface area contributed by atoms with Crippen LogP contribution in [0.2, 0.25) is 0 Å². The Balaban J connectivity index is 3.69. The number of sulfonamides is 1. The third-order valence-electron chi connectivity index (χ3n) is 1.97. The predicted molar refractivity (Wildman–Crippen MR) is 54.6 cm³/mol. The van der Waals surface area contributed by atoms with Crippen molar-refractivity contribution < 1.29 is 18.1 Å². The molecule has 0 aromatic heterocycles. The van der Waals surface area contributed by atoms with Gasteiger partial charge in [-0.25, -0.2) is 13.6 Å². The number of hydrogen-bond donors (Lipinski definition) is 1. The number of carbonyl (C=O) groups is 1. The summed E-state index contributed by atoms with van der Waals surface area (Å²) in [6.07, 6.45) is 0.304. The van der Waals surface area contributed by atoms with E-state index in [-0.39, 0.29) is 11.1 Å². The number of benzene rings is 1. The molecule has 1 rings (SSSR count). The maximum atomic E-state index is 11.1. The first-order valence-electron chi connectivity index (χ1n) is 4.04. The van der Waals surface area contributed by atoms with E-state index in [9.17, 15) is 23.3 Å². The lowest BCUT2D eigenvalue weighted by Crippen LogP contribution is -2.15. The van der Waals surface area contributed by atoms with Crippen molar-refractivity contribution >= 4 is 22.0 Å². The minimum atomic E-state index is -4.16. The molecule has 0 aliphatic carbocycles. The molecular formula is C8H8N2O5S. The Labute approximate surface area is 91.1 Å². The molecule has 86 valence electrons. The van der Waals surface area contributed by atoms with Gasteiger partial charge in [-0.05, 0) is 12.5 Å². The van der Waals surface area contributed by atoms with Crippen molar-refractivity contribution in [2.75, 3.05) is 0 Å². The van der Waals surface area contributed by atoms with Gasteiger partial charge in [0.15, 0.2) is 6.29 Å². The van der Waals surface area contributed by atoms with Gasteiger partial charge in [0.25, 0.3) is 5.69 Å². The van der Waals surface area contributed by atoms with E-state index in [1.165, 1.54) is 6.92 Å². The minimum absolute atomic E-state index is 0.159. The summed E-state index contributed by atoms with van der Waals surface area (Å²) in [6.45, 7) is 1.39. The van der Waals surface area contributed by atoms with Crippen LogP contribution < -0.4 is 5.14 Å². The first-order chi connectivity index (χ1) is 7.27. The number of nitro groups is 1. The quantitative estimate of drug-likeness (QED) is 0.467. The van der Waals surface area contributed by atoms with Gasteiger partial charge < -0.3 is 0 Å². The van der Waals surface area contributed by atoms with Crippen molar-refractivity contribution in [3.63, 3.8) is 0 Å². The largest absolute Gasteiger partial charge is 0.298 e. The highest BCUT2D eigenvalue weighted by molar-refractivity contribution is 7.89. The van der Waals surface area contributed by atoms with Gasteiger partial charge in [0.05, 0.1) is 9.82 Å². The van der Waals surface area contributed by atoms with Crippen LogP contribution in [0.15, 0.2) is 17.0 Å². The van der Waals surface area contributed by atoms with Crippen LogP contribution in [-0.2, 0) is 10.0 Å². The molecule has 16 heavy (non-hydrogen) atoms. The topological polar surface area (TPSA) is 120 Å². The summed E-state index contributed by atoms with van der Waals surface area (Å²) in [7, 11) is -4.16. The van der Waals surface area contributed by atoms with Gasteiger partial charge in [-0.1, -0.05) is 0 Å². The second-order valence-corrected chi connectivity index (χ2v) is 4.62. The molecule has 0 saturated heterocycles. The van der Waals surface area contributed by atoms with Crippen molar-refractivity contribution in [1.82, 2.24) is 0 Å². The fraction of sp³-hybridized carbons (Fsp3) is 0.125. The van der Waals surface area contributed by atoms with Crippen LogP contribution in [0.5, 0.6) is 0 Å². The van der Waals surface area contributed by atoms with Crippen LogP contribution in [0, 0.1) is 17.0 Å². The third kappa shape index (κ3) is 2.23. The first-order valence-corrected chi connectivity index (χ1v) is 5.59. The van der Waals surface area contributed by atoms with Gasteiger partial charge in [0.1, 0.15) is 0 Å². The van der Waals surface area contributed by atoms with Gasteiger partial charge in [-0.3, -0.25) is 14.9 Å². The molecular weight excluding hydrogens is 236 g/mol. The number of nitrogens with two attached hydrogens (primary N) is 1. The lowest BCUT2D eigenvalue weighted by atomic mass is 10.1. The summed E-state index contributed by atoms with van der Waals surface area (Å²) in [5, 5.41) is 15.4. The van der Waals surface area contributed by atoms with Gasteiger partial charge in [-0.15, -0.1) is 0 Å². The fourth-order valence-electron chi connectivity index (χ4n) is 1.24. The van der Waals surface area contributed by atoms with E-state index in [1.807, 2.05) is 0 Å².